The molecule has 0 bridgehead atoms. The maximum Gasteiger partial charge on any atom is 0.0798 e. The van der Waals surface area contributed by atoms with Crippen molar-refractivity contribution in [1.29, 1.82) is 0 Å². The molecule has 1 aliphatic heterocycles. The van der Waals surface area contributed by atoms with Crippen LogP contribution in [0.1, 0.15) is 22.6 Å². The quantitative estimate of drug-likeness (QED) is 0.736. The Morgan fingerprint density at radius 1 is 1.24 bits per heavy atom. The molecule has 1 unspecified atom stereocenters. The van der Waals surface area contributed by atoms with E-state index in [1.165, 1.54) is 27.9 Å². The van der Waals surface area contributed by atoms with Crippen molar-refractivity contribution < 1.29 is 0 Å². The molecule has 0 aliphatic carbocycles. The third-order valence-electron chi connectivity index (χ3n) is 4.96. The number of hydrogen-bond acceptors (Lipinski definition) is 5. The minimum atomic E-state index is 0.746. The van der Waals surface area contributed by atoms with Crippen LogP contribution in [0.2, 0.25) is 0 Å². The van der Waals surface area contributed by atoms with Crippen molar-refractivity contribution in [2.24, 2.45) is 5.92 Å². The molecule has 3 aromatic rings. The lowest BCUT2D eigenvalue weighted by Crippen LogP contribution is -2.30. The van der Waals surface area contributed by atoms with Crippen LogP contribution in [-0.2, 0) is 13.1 Å². The molecule has 1 fully saturated rings. The molecule has 1 atom stereocenters. The number of benzene rings is 1. The van der Waals surface area contributed by atoms with Gasteiger partial charge < -0.3 is 5.32 Å². The number of thiazole rings is 1. The number of rotatable bonds is 6. The first kappa shape index (κ1) is 16.6. The molecule has 4 rings (SSSR count). The number of pyridine rings is 1. The Morgan fingerprint density at radius 3 is 3.00 bits per heavy atom. The average molecular weight is 353 g/mol. The number of hydrogen-bond donors (Lipinski definition) is 1. The van der Waals surface area contributed by atoms with Gasteiger partial charge in [0.25, 0.3) is 0 Å². The maximum atomic E-state index is 4.43. The topological polar surface area (TPSA) is 41.1 Å². The molecular weight excluding hydrogens is 328 g/mol. The molecule has 25 heavy (non-hydrogen) atoms. The fraction of sp³-hybridized carbons (Fsp3) is 0.400. The number of nitrogens with one attached hydrogen (secondary N) is 1. The zero-order valence-corrected chi connectivity index (χ0v) is 15.4. The van der Waals surface area contributed by atoms with Gasteiger partial charge >= 0.3 is 0 Å². The van der Waals surface area contributed by atoms with Gasteiger partial charge in [-0.15, -0.1) is 11.3 Å². The molecule has 5 heteroatoms. The standard InChI is InChI=1S/C20H24N4S/c1-15-20(25-14-23-15)13-24(12-17-6-8-21-10-17)11-16-4-5-19-18(9-16)3-2-7-22-19/h2-5,7,9,14,17,21H,6,8,10-13H2,1H3. The monoisotopic (exact) mass is 352 g/mol. The Bertz CT molecular complexity index is 838. The highest BCUT2D eigenvalue weighted by Gasteiger charge is 2.19. The lowest BCUT2D eigenvalue weighted by Gasteiger charge is -2.25. The molecule has 1 N–H and O–H groups in total. The SMILES string of the molecule is Cc1ncsc1CN(Cc1ccc2ncccc2c1)CC1CCNC1. The number of nitrogens with zero attached hydrogens (tertiary/aromatic N) is 3. The minimum Gasteiger partial charge on any atom is -0.316 e. The van der Waals surface area contributed by atoms with Crippen molar-refractivity contribution in [2.75, 3.05) is 19.6 Å². The van der Waals surface area contributed by atoms with E-state index in [-0.39, 0.29) is 0 Å². The molecule has 130 valence electrons. The highest BCUT2D eigenvalue weighted by molar-refractivity contribution is 7.09. The molecular formula is C20H24N4S. The average Bonchev–Trinajstić information content (AvgIpc) is 3.27. The van der Waals surface area contributed by atoms with Gasteiger partial charge in [-0.05, 0) is 56.1 Å². The summed E-state index contributed by atoms with van der Waals surface area (Å²) in [6.45, 7) is 7.49. The smallest absolute Gasteiger partial charge is 0.0798 e. The fourth-order valence-electron chi connectivity index (χ4n) is 3.58. The molecule has 1 aliphatic rings. The van der Waals surface area contributed by atoms with Crippen LogP contribution < -0.4 is 5.32 Å². The van der Waals surface area contributed by atoms with Crippen LogP contribution in [0.5, 0.6) is 0 Å². The summed E-state index contributed by atoms with van der Waals surface area (Å²) in [4.78, 5) is 12.8. The van der Waals surface area contributed by atoms with Crippen molar-refractivity contribution >= 4 is 22.2 Å². The van der Waals surface area contributed by atoms with Gasteiger partial charge in [-0.25, -0.2) is 4.98 Å². The van der Waals surface area contributed by atoms with Crippen LogP contribution >= 0.6 is 11.3 Å². The van der Waals surface area contributed by atoms with Gasteiger partial charge in [0.2, 0.25) is 0 Å². The van der Waals surface area contributed by atoms with Crippen LogP contribution in [0.25, 0.3) is 10.9 Å². The number of fused-ring (bicyclic) bond motifs is 1. The summed E-state index contributed by atoms with van der Waals surface area (Å²) in [5.74, 6) is 0.746. The van der Waals surface area contributed by atoms with Gasteiger partial charge in [0, 0.05) is 36.1 Å². The normalized spacial score (nSPS) is 17.6. The highest BCUT2D eigenvalue weighted by Crippen LogP contribution is 2.21. The Hall–Kier alpha value is -1.82. The van der Waals surface area contributed by atoms with E-state index in [9.17, 15) is 0 Å². The van der Waals surface area contributed by atoms with E-state index >= 15 is 0 Å². The first-order chi connectivity index (χ1) is 12.3. The van der Waals surface area contributed by atoms with Crippen molar-refractivity contribution in [3.8, 4) is 0 Å². The van der Waals surface area contributed by atoms with E-state index in [0.29, 0.717) is 0 Å². The van der Waals surface area contributed by atoms with Gasteiger partial charge in [-0.3, -0.25) is 9.88 Å². The summed E-state index contributed by atoms with van der Waals surface area (Å²) in [6, 6.07) is 10.8. The van der Waals surface area contributed by atoms with E-state index in [1.807, 2.05) is 17.8 Å². The van der Waals surface area contributed by atoms with Crippen LogP contribution in [-0.4, -0.2) is 34.5 Å². The van der Waals surface area contributed by atoms with E-state index in [2.05, 4.69) is 51.4 Å². The molecule has 1 saturated heterocycles. The third kappa shape index (κ3) is 4.06. The molecule has 0 radical (unpaired) electrons. The zero-order chi connectivity index (χ0) is 17.1. The Balaban J connectivity index is 1.54. The molecule has 0 saturated carbocycles. The summed E-state index contributed by atoms with van der Waals surface area (Å²) in [5.41, 5.74) is 5.55. The molecule has 0 spiro atoms. The maximum absolute atomic E-state index is 4.43. The van der Waals surface area contributed by atoms with E-state index in [0.717, 1.165) is 44.2 Å². The van der Waals surface area contributed by atoms with E-state index in [1.54, 1.807) is 11.3 Å². The number of aromatic nitrogens is 2. The molecule has 2 aromatic heterocycles. The van der Waals surface area contributed by atoms with Gasteiger partial charge in [0.15, 0.2) is 0 Å². The van der Waals surface area contributed by atoms with Crippen molar-refractivity contribution in [3.63, 3.8) is 0 Å². The van der Waals surface area contributed by atoms with Gasteiger partial charge in [0.1, 0.15) is 0 Å². The van der Waals surface area contributed by atoms with Crippen LogP contribution in [0.4, 0.5) is 0 Å². The van der Waals surface area contributed by atoms with Crippen molar-refractivity contribution in [2.45, 2.75) is 26.4 Å². The first-order valence-corrected chi connectivity index (χ1v) is 9.81. The summed E-state index contributed by atoms with van der Waals surface area (Å²) >= 11 is 1.77. The van der Waals surface area contributed by atoms with Gasteiger partial charge in [0.05, 0.1) is 16.7 Å². The van der Waals surface area contributed by atoms with E-state index in [4.69, 9.17) is 0 Å². The summed E-state index contributed by atoms with van der Waals surface area (Å²) in [5, 5.41) is 4.71. The Labute approximate surface area is 152 Å². The molecule has 0 amide bonds. The predicted molar refractivity (Wildman–Crippen MR) is 104 cm³/mol. The lowest BCUT2D eigenvalue weighted by molar-refractivity contribution is 0.222. The summed E-state index contributed by atoms with van der Waals surface area (Å²) in [6.07, 6.45) is 3.13. The van der Waals surface area contributed by atoms with Gasteiger partial charge in [-0.2, -0.15) is 0 Å². The molecule has 1 aromatic carbocycles. The summed E-state index contributed by atoms with van der Waals surface area (Å²) < 4.78 is 0. The Kier molecular flexibility index (Phi) is 5.06. The largest absolute Gasteiger partial charge is 0.316 e. The summed E-state index contributed by atoms with van der Waals surface area (Å²) in [7, 11) is 0. The van der Waals surface area contributed by atoms with E-state index < -0.39 is 0 Å². The highest BCUT2D eigenvalue weighted by atomic mass is 32.1. The van der Waals surface area contributed by atoms with Crippen molar-refractivity contribution in [1.82, 2.24) is 20.2 Å². The second-order valence-electron chi connectivity index (χ2n) is 6.92. The second-order valence-corrected chi connectivity index (χ2v) is 7.86. The second kappa shape index (κ2) is 7.60. The van der Waals surface area contributed by atoms with Crippen LogP contribution in [0, 0.1) is 12.8 Å². The van der Waals surface area contributed by atoms with Crippen molar-refractivity contribution in [3.05, 3.63) is 58.2 Å². The third-order valence-corrected chi connectivity index (χ3v) is 5.88. The number of aryl methyl sites for hydroxylation is 1. The molecule has 4 nitrogen and oxygen atoms in total. The Morgan fingerprint density at radius 2 is 2.20 bits per heavy atom. The minimum absolute atomic E-state index is 0.746. The predicted octanol–water partition coefficient (Wildman–Crippen LogP) is 3.61. The molecule has 3 heterocycles. The van der Waals surface area contributed by atoms with Crippen LogP contribution in [0.3, 0.4) is 0 Å². The first-order valence-electron chi connectivity index (χ1n) is 8.93. The van der Waals surface area contributed by atoms with Gasteiger partial charge in [-0.1, -0.05) is 12.1 Å². The lowest BCUT2D eigenvalue weighted by atomic mass is 10.1. The van der Waals surface area contributed by atoms with Crippen LogP contribution in [0.15, 0.2) is 42.0 Å². The zero-order valence-electron chi connectivity index (χ0n) is 14.6. The fourth-order valence-corrected chi connectivity index (χ4v) is 4.40.